The fourth-order valence-corrected chi connectivity index (χ4v) is 2.69. The zero-order chi connectivity index (χ0) is 15.4. The molecular formula is C16H14N2O3S. The quantitative estimate of drug-likeness (QED) is 0.715. The Morgan fingerprint density at radius 1 is 1.23 bits per heavy atom. The van der Waals surface area contributed by atoms with Crippen molar-refractivity contribution < 1.29 is 13.7 Å². The molecular weight excluding hydrogens is 300 g/mol. The Balaban J connectivity index is 1.59. The lowest BCUT2D eigenvalue weighted by Gasteiger charge is -2.03. The number of aromatic nitrogens is 1. The standard InChI is InChI=1S/C16H14N2O3S/c1-11(19)17-12-4-6-14(7-5-12)22-10-13-9-16(21-18-13)15-3-2-8-20-15/h2-9H,10H2,1H3,(H,17,19). The van der Waals surface area contributed by atoms with E-state index in [1.54, 1.807) is 18.0 Å². The maximum atomic E-state index is 11.0. The third-order valence-electron chi connectivity index (χ3n) is 2.88. The second kappa shape index (κ2) is 6.53. The van der Waals surface area contributed by atoms with Gasteiger partial charge in [-0.15, -0.1) is 11.8 Å². The van der Waals surface area contributed by atoms with Crippen molar-refractivity contribution in [2.45, 2.75) is 17.6 Å². The molecule has 0 aliphatic rings. The number of nitrogens with one attached hydrogen (secondary N) is 1. The number of amides is 1. The maximum Gasteiger partial charge on any atom is 0.221 e. The van der Waals surface area contributed by atoms with Gasteiger partial charge in [-0.2, -0.15) is 0 Å². The van der Waals surface area contributed by atoms with Crippen molar-refractivity contribution in [3.8, 4) is 11.5 Å². The lowest BCUT2D eigenvalue weighted by Crippen LogP contribution is -2.05. The van der Waals surface area contributed by atoms with Crippen molar-refractivity contribution in [3.63, 3.8) is 0 Å². The monoisotopic (exact) mass is 314 g/mol. The van der Waals surface area contributed by atoms with Gasteiger partial charge in [0.25, 0.3) is 0 Å². The van der Waals surface area contributed by atoms with Crippen LogP contribution < -0.4 is 5.32 Å². The number of furan rings is 1. The molecule has 0 saturated carbocycles. The normalized spacial score (nSPS) is 10.6. The van der Waals surface area contributed by atoms with E-state index in [1.165, 1.54) is 6.92 Å². The van der Waals surface area contributed by atoms with E-state index in [9.17, 15) is 4.79 Å². The van der Waals surface area contributed by atoms with Gasteiger partial charge in [-0.3, -0.25) is 4.79 Å². The van der Waals surface area contributed by atoms with Gasteiger partial charge in [-0.1, -0.05) is 5.16 Å². The molecule has 1 amide bonds. The summed E-state index contributed by atoms with van der Waals surface area (Å²) in [4.78, 5) is 12.1. The molecule has 1 N–H and O–H groups in total. The molecule has 0 unspecified atom stereocenters. The Kier molecular flexibility index (Phi) is 4.29. The molecule has 0 saturated heterocycles. The first-order valence-corrected chi connectivity index (χ1v) is 7.69. The molecule has 0 fully saturated rings. The van der Waals surface area contributed by atoms with Crippen molar-refractivity contribution in [2.24, 2.45) is 0 Å². The van der Waals surface area contributed by atoms with E-state index >= 15 is 0 Å². The largest absolute Gasteiger partial charge is 0.461 e. The third-order valence-corrected chi connectivity index (χ3v) is 3.93. The summed E-state index contributed by atoms with van der Waals surface area (Å²) in [6.07, 6.45) is 1.60. The van der Waals surface area contributed by atoms with Crippen molar-refractivity contribution in [1.82, 2.24) is 5.16 Å². The number of rotatable bonds is 5. The number of hydrogen-bond donors (Lipinski definition) is 1. The molecule has 112 valence electrons. The minimum absolute atomic E-state index is 0.0755. The first-order chi connectivity index (χ1) is 10.7. The highest BCUT2D eigenvalue weighted by molar-refractivity contribution is 7.98. The van der Waals surface area contributed by atoms with E-state index in [2.05, 4.69) is 10.5 Å². The SMILES string of the molecule is CC(=O)Nc1ccc(SCc2cc(-c3ccco3)on2)cc1. The zero-order valence-electron chi connectivity index (χ0n) is 11.9. The van der Waals surface area contributed by atoms with E-state index < -0.39 is 0 Å². The summed E-state index contributed by atoms with van der Waals surface area (Å²) in [6, 6.07) is 13.2. The second-order valence-corrected chi connectivity index (χ2v) is 5.70. The average molecular weight is 314 g/mol. The Morgan fingerprint density at radius 2 is 2.05 bits per heavy atom. The van der Waals surface area contributed by atoms with Crippen molar-refractivity contribution in [1.29, 1.82) is 0 Å². The fraction of sp³-hybridized carbons (Fsp3) is 0.125. The molecule has 0 aliphatic heterocycles. The summed E-state index contributed by atoms with van der Waals surface area (Å²) < 4.78 is 10.5. The number of thioether (sulfide) groups is 1. The highest BCUT2D eigenvalue weighted by Gasteiger charge is 2.09. The molecule has 2 heterocycles. The van der Waals surface area contributed by atoms with Crippen LogP contribution in [0.4, 0.5) is 5.69 Å². The fourth-order valence-electron chi connectivity index (χ4n) is 1.91. The van der Waals surface area contributed by atoms with E-state index in [-0.39, 0.29) is 5.91 Å². The van der Waals surface area contributed by atoms with Crippen LogP contribution in [0.15, 0.2) is 62.6 Å². The summed E-state index contributed by atoms with van der Waals surface area (Å²) in [7, 11) is 0. The molecule has 0 spiro atoms. The molecule has 0 bridgehead atoms. The molecule has 6 heteroatoms. The smallest absolute Gasteiger partial charge is 0.221 e. The highest BCUT2D eigenvalue weighted by Crippen LogP contribution is 2.26. The van der Waals surface area contributed by atoms with Crippen LogP contribution in [0.25, 0.3) is 11.5 Å². The topological polar surface area (TPSA) is 68.3 Å². The van der Waals surface area contributed by atoms with Gasteiger partial charge in [-0.05, 0) is 36.4 Å². The van der Waals surface area contributed by atoms with E-state index in [4.69, 9.17) is 8.94 Å². The van der Waals surface area contributed by atoms with E-state index in [0.717, 1.165) is 16.3 Å². The van der Waals surface area contributed by atoms with Crippen LogP contribution in [-0.2, 0) is 10.5 Å². The number of nitrogens with zero attached hydrogens (tertiary/aromatic N) is 1. The summed E-state index contributed by atoms with van der Waals surface area (Å²) in [5, 5.41) is 6.77. The van der Waals surface area contributed by atoms with Crippen molar-refractivity contribution >= 4 is 23.4 Å². The van der Waals surface area contributed by atoms with Crippen LogP contribution in [-0.4, -0.2) is 11.1 Å². The Bertz CT molecular complexity index is 748. The van der Waals surface area contributed by atoms with E-state index in [0.29, 0.717) is 17.3 Å². The minimum atomic E-state index is -0.0755. The molecule has 22 heavy (non-hydrogen) atoms. The molecule has 0 aliphatic carbocycles. The van der Waals surface area contributed by atoms with Gasteiger partial charge in [0, 0.05) is 29.3 Å². The summed E-state index contributed by atoms with van der Waals surface area (Å²) >= 11 is 1.65. The average Bonchev–Trinajstić information content (AvgIpc) is 3.17. The Hall–Kier alpha value is -2.47. The molecule has 0 radical (unpaired) electrons. The van der Waals surface area contributed by atoms with Crippen molar-refractivity contribution in [2.75, 3.05) is 5.32 Å². The van der Waals surface area contributed by atoms with Crippen molar-refractivity contribution in [3.05, 3.63) is 54.4 Å². The number of carbonyl (C=O) groups excluding carboxylic acids is 1. The zero-order valence-corrected chi connectivity index (χ0v) is 12.7. The summed E-state index contributed by atoms with van der Waals surface area (Å²) in [6.45, 7) is 1.49. The molecule has 3 aromatic rings. The third kappa shape index (κ3) is 3.59. The van der Waals surface area contributed by atoms with E-state index in [1.807, 2.05) is 42.5 Å². The number of anilines is 1. The van der Waals surface area contributed by atoms with Crippen LogP contribution in [0, 0.1) is 0 Å². The van der Waals surface area contributed by atoms with Crippen LogP contribution in [0.3, 0.4) is 0 Å². The molecule has 1 aromatic carbocycles. The highest BCUT2D eigenvalue weighted by atomic mass is 32.2. The summed E-state index contributed by atoms with van der Waals surface area (Å²) in [5.41, 5.74) is 1.64. The Morgan fingerprint density at radius 3 is 2.73 bits per heavy atom. The Labute approximate surface area is 131 Å². The number of hydrogen-bond acceptors (Lipinski definition) is 5. The molecule has 2 aromatic heterocycles. The van der Waals surface area contributed by atoms with Gasteiger partial charge in [-0.25, -0.2) is 0 Å². The molecule has 3 rings (SSSR count). The summed E-state index contributed by atoms with van der Waals surface area (Å²) in [5.74, 6) is 1.92. The van der Waals surface area contributed by atoms with Crippen LogP contribution >= 0.6 is 11.8 Å². The molecule has 0 atom stereocenters. The van der Waals surface area contributed by atoms with Gasteiger partial charge in [0.05, 0.1) is 12.0 Å². The van der Waals surface area contributed by atoms with Gasteiger partial charge in [0.2, 0.25) is 11.7 Å². The lowest BCUT2D eigenvalue weighted by molar-refractivity contribution is -0.114. The van der Waals surface area contributed by atoms with Gasteiger partial charge in [0.1, 0.15) is 0 Å². The maximum absolute atomic E-state index is 11.0. The lowest BCUT2D eigenvalue weighted by atomic mass is 10.3. The van der Waals surface area contributed by atoms with Crippen LogP contribution in [0.5, 0.6) is 0 Å². The molecule has 5 nitrogen and oxygen atoms in total. The first kappa shape index (κ1) is 14.5. The van der Waals surface area contributed by atoms with Crippen LogP contribution in [0.1, 0.15) is 12.6 Å². The first-order valence-electron chi connectivity index (χ1n) is 6.70. The number of benzene rings is 1. The van der Waals surface area contributed by atoms with Crippen LogP contribution in [0.2, 0.25) is 0 Å². The van der Waals surface area contributed by atoms with Gasteiger partial charge >= 0.3 is 0 Å². The van der Waals surface area contributed by atoms with Gasteiger partial charge in [0.15, 0.2) is 5.76 Å². The van der Waals surface area contributed by atoms with Gasteiger partial charge < -0.3 is 14.3 Å². The minimum Gasteiger partial charge on any atom is -0.461 e. The predicted molar refractivity (Wildman–Crippen MR) is 84.5 cm³/mol. The number of carbonyl (C=O) groups is 1. The second-order valence-electron chi connectivity index (χ2n) is 4.65. The predicted octanol–water partition coefficient (Wildman–Crippen LogP) is 4.19.